The van der Waals surface area contributed by atoms with Gasteiger partial charge in [-0.05, 0) is 38.5 Å². The minimum atomic E-state index is 0.308. The van der Waals surface area contributed by atoms with Crippen LogP contribution in [0.1, 0.15) is 32.4 Å². The van der Waals surface area contributed by atoms with E-state index in [4.69, 9.17) is 4.74 Å². The molecule has 2 nitrogen and oxygen atoms in total. The molecule has 1 atom stereocenters. The second-order valence-electron chi connectivity index (χ2n) is 4.15. The minimum absolute atomic E-state index is 0.308. The summed E-state index contributed by atoms with van der Waals surface area (Å²) in [7, 11) is 0. The van der Waals surface area contributed by atoms with Gasteiger partial charge in [-0.1, -0.05) is 28.1 Å². The molecule has 1 aromatic carbocycles. The van der Waals surface area contributed by atoms with Gasteiger partial charge < -0.3 is 10.1 Å². The molecule has 0 aliphatic rings. The number of hydrogen-bond donors (Lipinski definition) is 1. The average molecular weight is 286 g/mol. The molecule has 0 radical (unpaired) electrons. The number of ether oxygens (including phenoxy) is 1. The standard InChI is InChI=1S/C13H20BrNO/c1-10(2)16-8-7-15-11(3)12-5-4-6-13(14)9-12/h4-6,9-11,15H,7-8H2,1-3H3. The quantitative estimate of drug-likeness (QED) is 0.808. The van der Waals surface area contributed by atoms with Gasteiger partial charge >= 0.3 is 0 Å². The van der Waals surface area contributed by atoms with Crippen molar-refractivity contribution in [3.63, 3.8) is 0 Å². The van der Waals surface area contributed by atoms with Gasteiger partial charge in [0.25, 0.3) is 0 Å². The topological polar surface area (TPSA) is 21.3 Å². The molecule has 0 saturated carbocycles. The second-order valence-corrected chi connectivity index (χ2v) is 5.07. The van der Waals surface area contributed by atoms with Crippen molar-refractivity contribution < 1.29 is 4.74 Å². The SMILES string of the molecule is CC(C)OCCNC(C)c1cccc(Br)c1. The summed E-state index contributed by atoms with van der Waals surface area (Å²) in [5.74, 6) is 0. The van der Waals surface area contributed by atoms with E-state index in [0.717, 1.165) is 17.6 Å². The maximum Gasteiger partial charge on any atom is 0.0594 e. The molecule has 16 heavy (non-hydrogen) atoms. The van der Waals surface area contributed by atoms with Crippen LogP contribution < -0.4 is 5.32 Å². The lowest BCUT2D eigenvalue weighted by Crippen LogP contribution is -2.24. The number of nitrogens with one attached hydrogen (secondary N) is 1. The van der Waals surface area contributed by atoms with Crippen LogP contribution in [-0.4, -0.2) is 19.3 Å². The van der Waals surface area contributed by atoms with Crippen LogP contribution in [0.15, 0.2) is 28.7 Å². The third-order valence-corrected chi connectivity index (χ3v) is 2.85. The first-order valence-electron chi connectivity index (χ1n) is 5.70. The molecule has 1 rings (SSSR count). The molecule has 0 fully saturated rings. The lowest BCUT2D eigenvalue weighted by atomic mass is 10.1. The highest BCUT2D eigenvalue weighted by Crippen LogP contribution is 2.17. The predicted molar refractivity (Wildman–Crippen MR) is 71.6 cm³/mol. The fourth-order valence-corrected chi connectivity index (χ4v) is 1.88. The lowest BCUT2D eigenvalue weighted by molar-refractivity contribution is 0.0796. The summed E-state index contributed by atoms with van der Waals surface area (Å²) in [6.45, 7) is 7.91. The Balaban J connectivity index is 2.32. The molecule has 0 aromatic heterocycles. The van der Waals surface area contributed by atoms with Crippen molar-refractivity contribution in [2.45, 2.75) is 32.9 Å². The summed E-state index contributed by atoms with van der Waals surface area (Å²) in [5, 5.41) is 3.44. The number of hydrogen-bond acceptors (Lipinski definition) is 2. The fourth-order valence-electron chi connectivity index (χ4n) is 1.46. The van der Waals surface area contributed by atoms with Crippen LogP contribution in [0.25, 0.3) is 0 Å². The van der Waals surface area contributed by atoms with Crippen LogP contribution in [0, 0.1) is 0 Å². The molecule has 0 bridgehead atoms. The van der Waals surface area contributed by atoms with Crippen LogP contribution in [-0.2, 0) is 4.74 Å². The Hall–Kier alpha value is -0.380. The Kier molecular flexibility index (Phi) is 6.03. The number of halogens is 1. The molecule has 1 aromatic rings. The molecule has 3 heteroatoms. The third-order valence-electron chi connectivity index (χ3n) is 2.35. The molecule has 0 spiro atoms. The number of rotatable bonds is 6. The maximum atomic E-state index is 5.48. The second kappa shape index (κ2) is 7.05. The van der Waals surface area contributed by atoms with Gasteiger partial charge in [-0.25, -0.2) is 0 Å². The van der Waals surface area contributed by atoms with Crippen molar-refractivity contribution in [1.82, 2.24) is 5.32 Å². The molecule has 1 unspecified atom stereocenters. The molecule has 0 aliphatic heterocycles. The van der Waals surface area contributed by atoms with Gasteiger partial charge in [-0.2, -0.15) is 0 Å². The van der Waals surface area contributed by atoms with Crippen molar-refractivity contribution in [3.8, 4) is 0 Å². The fraction of sp³-hybridized carbons (Fsp3) is 0.538. The first-order valence-corrected chi connectivity index (χ1v) is 6.49. The first kappa shape index (κ1) is 13.7. The first-order chi connectivity index (χ1) is 7.59. The Labute approximate surface area is 107 Å². The smallest absolute Gasteiger partial charge is 0.0594 e. The highest BCUT2D eigenvalue weighted by molar-refractivity contribution is 9.10. The highest BCUT2D eigenvalue weighted by Gasteiger charge is 2.04. The largest absolute Gasteiger partial charge is 0.377 e. The van der Waals surface area contributed by atoms with E-state index in [2.05, 4.69) is 60.2 Å². The summed E-state index contributed by atoms with van der Waals surface area (Å²) in [6.07, 6.45) is 0.308. The average Bonchev–Trinajstić information content (AvgIpc) is 2.24. The van der Waals surface area contributed by atoms with Gasteiger partial charge in [0.2, 0.25) is 0 Å². The van der Waals surface area contributed by atoms with E-state index >= 15 is 0 Å². The zero-order valence-electron chi connectivity index (χ0n) is 10.2. The summed E-state index contributed by atoms with van der Waals surface area (Å²) in [5.41, 5.74) is 1.29. The molecular weight excluding hydrogens is 266 g/mol. The summed E-state index contributed by atoms with van der Waals surface area (Å²) in [4.78, 5) is 0. The monoisotopic (exact) mass is 285 g/mol. The molecule has 0 aliphatic carbocycles. The van der Waals surface area contributed by atoms with Gasteiger partial charge in [0.05, 0.1) is 12.7 Å². The Morgan fingerprint density at radius 2 is 2.06 bits per heavy atom. The van der Waals surface area contributed by atoms with Crippen molar-refractivity contribution >= 4 is 15.9 Å². The molecular formula is C13H20BrNO. The van der Waals surface area contributed by atoms with E-state index in [0.29, 0.717) is 12.1 Å². The Bertz CT molecular complexity index is 315. The molecule has 1 N–H and O–H groups in total. The summed E-state index contributed by atoms with van der Waals surface area (Å²) in [6, 6.07) is 8.72. The van der Waals surface area contributed by atoms with Crippen molar-refractivity contribution in [3.05, 3.63) is 34.3 Å². The van der Waals surface area contributed by atoms with Crippen LogP contribution in [0.4, 0.5) is 0 Å². The lowest BCUT2D eigenvalue weighted by Gasteiger charge is -2.15. The number of benzene rings is 1. The molecule has 90 valence electrons. The van der Waals surface area contributed by atoms with Gasteiger partial charge in [0.15, 0.2) is 0 Å². The van der Waals surface area contributed by atoms with Crippen molar-refractivity contribution in [2.75, 3.05) is 13.2 Å². The normalized spacial score (nSPS) is 13.1. The van der Waals surface area contributed by atoms with Crippen molar-refractivity contribution in [1.29, 1.82) is 0 Å². The predicted octanol–water partition coefficient (Wildman–Crippen LogP) is 3.52. The van der Waals surface area contributed by atoms with Crippen LogP contribution in [0.3, 0.4) is 0 Å². The van der Waals surface area contributed by atoms with Gasteiger partial charge in [0.1, 0.15) is 0 Å². The van der Waals surface area contributed by atoms with E-state index in [9.17, 15) is 0 Å². The van der Waals surface area contributed by atoms with Gasteiger partial charge in [-0.15, -0.1) is 0 Å². The summed E-state index contributed by atoms with van der Waals surface area (Å²) >= 11 is 3.48. The van der Waals surface area contributed by atoms with E-state index in [1.165, 1.54) is 5.56 Å². The molecule has 0 heterocycles. The summed E-state index contributed by atoms with van der Waals surface area (Å²) < 4.78 is 6.60. The van der Waals surface area contributed by atoms with Crippen LogP contribution >= 0.6 is 15.9 Å². The molecule has 0 saturated heterocycles. The van der Waals surface area contributed by atoms with Gasteiger partial charge in [-0.3, -0.25) is 0 Å². The Morgan fingerprint density at radius 1 is 1.31 bits per heavy atom. The van der Waals surface area contributed by atoms with E-state index in [1.807, 2.05) is 6.07 Å². The maximum absolute atomic E-state index is 5.48. The van der Waals surface area contributed by atoms with Gasteiger partial charge in [0, 0.05) is 17.1 Å². The van der Waals surface area contributed by atoms with Crippen LogP contribution in [0.2, 0.25) is 0 Å². The van der Waals surface area contributed by atoms with E-state index < -0.39 is 0 Å². The molecule has 0 amide bonds. The zero-order valence-corrected chi connectivity index (χ0v) is 11.8. The highest BCUT2D eigenvalue weighted by atomic mass is 79.9. The van der Waals surface area contributed by atoms with Crippen LogP contribution in [0.5, 0.6) is 0 Å². The zero-order chi connectivity index (χ0) is 12.0. The third kappa shape index (κ3) is 5.10. The Morgan fingerprint density at radius 3 is 2.69 bits per heavy atom. The van der Waals surface area contributed by atoms with E-state index in [1.54, 1.807) is 0 Å². The van der Waals surface area contributed by atoms with E-state index in [-0.39, 0.29) is 0 Å². The minimum Gasteiger partial charge on any atom is -0.377 e. The van der Waals surface area contributed by atoms with Crippen molar-refractivity contribution in [2.24, 2.45) is 0 Å².